The lowest BCUT2D eigenvalue weighted by molar-refractivity contribution is -0.338. The Labute approximate surface area is 432 Å². The molecule has 2 aromatic rings. The van der Waals surface area contributed by atoms with Crippen LogP contribution in [0.2, 0.25) is 0 Å². The standard InChI is InChI=1S/C53H85FN4O14S/c1-13-41-52(10,62)46(59)36(6)56-30-32(2)28-50(8,61)47(34(4)44(35(5)48(60)70-41)71-43-29-51(9,66-12)53(63,37(7)68-43)31-58-24-18-15-19-25-58)72-49-45(69-38-22-23-55-42(54)27-38)40(26-33(3)67-49)57(11)73(64,65)39-20-16-14-17-21-39/h14,16-17,20-23,27,32-37,40-41,43-47,49,56,59,61-63H,13,15,18-19,24-26,28-31H2,1-12H3/t32-,33-,34+,35-,36-,37-,40+,41-,43?,44+,45-,46-,47-,49+,50-,51?,52-,53?/m1/s1. The number of esters is 1. The molecule has 4 aliphatic rings. The van der Waals surface area contributed by atoms with E-state index in [1.807, 2.05) is 13.8 Å². The summed E-state index contributed by atoms with van der Waals surface area (Å²) < 4.78 is 90.9. The van der Waals surface area contributed by atoms with Crippen molar-refractivity contribution in [2.45, 2.75) is 209 Å². The molecule has 0 spiro atoms. The summed E-state index contributed by atoms with van der Waals surface area (Å²) in [4.78, 5) is 20.7. The number of pyridine rings is 1. The molecule has 5 N–H and O–H groups in total. The Morgan fingerprint density at radius 2 is 1.62 bits per heavy atom. The summed E-state index contributed by atoms with van der Waals surface area (Å²) in [5.41, 5.74) is -6.39. The molecule has 1 aromatic heterocycles. The Morgan fingerprint density at radius 1 is 0.945 bits per heavy atom. The number of likely N-dealkylation sites (N-methyl/N-ethyl adjacent to an activating group) is 1. The highest BCUT2D eigenvalue weighted by Crippen LogP contribution is 2.44. The first-order valence-electron chi connectivity index (χ1n) is 26.2. The number of likely N-dealkylation sites (tertiary alicyclic amines) is 1. The van der Waals surface area contributed by atoms with E-state index < -0.39 is 124 Å². The second-order valence-electron chi connectivity index (χ2n) is 22.1. The van der Waals surface area contributed by atoms with Gasteiger partial charge in [0.15, 0.2) is 18.7 Å². The number of cyclic esters (lactones) is 1. The summed E-state index contributed by atoms with van der Waals surface area (Å²) in [7, 11) is -1.21. The van der Waals surface area contributed by atoms with Crippen LogP contribution < -0.4 is 10.1 Å². The van der Waals surface area contributed by atoms with E-state index in [2.05, 4.69) is 15.2 Å². The number of β-amino-alcohol motifs (C(OH)–C–C–N with tert-alkyl or cyclic N) is 1. The van der Waals surface area contributed by atoms with Crippen LogP contribution in [0, 0.1) is 23.7 Å². The van der Waals surface area contributed by atoms with Gasteiger partial charge in [-0.2, -0.15) is 8.70 Å². The van der Waals surface area contributed by atoms with Gasteiger partial charge in [-0.3, -0.25) is 4.79 Å². The number of aliphatic hydroxyl groups is 4. The molecule has 4 aliphatic heterocycles. The third-order valence-electron chi connectivity index (χ3n) is 16.3. The average Bonchev–Trinajstić information content (AvgIpc) is 3.34. The van der Waals surface area contributed by atoms with Crippen molar-refractivity contribution in [3.63, 3.8) is 0 Å². The second-order valence-corrected chi connectivity index (χ2v) is 24.1. The summed E-state index contributed by atoms with van der Waals surface area (Å²) in [5.74, 6) is -4.07. The van der Waals surface area contributed by atoms with Crippen LogP contribution in [0.3, 0.4) is 0 Å². The van der Waals surface area contributed by atoms with Crippen LogP contribution in [0.15, 0.2) is 53.6 Å². The molecular weight excluding hydrogens is 968 g/mol. The van der Waals surface area contributed by atoms with Crippen molar-refractivity contribution in [2.24, 2.45) is 17.8 Å². The van der Waals surface area contributed by atoms with E-state index >= 15 is 0 Å². The van der Waals surface area contributed by atoms with Gasteiger partial charge in [-0.15, -0.1) is 0 Å². The monoisotopic (exact) mass is 1050 g/mol. The molecule has 18 nitrogen and oxygen atoms in total. The first kappa shape index (κ1) is 59.3. The molecule has 3 unspecified atom stereocenters. The molecule has 5 heterocycles. The quantitative estimate of drug-likeness (QED) is 0.134. The summed E-state index contributed by atoms with van der Waals surface area (Å²) in [5, 5.41) is 52.4. The van der Waals surface area contributed by atoms with Gasteiger partial charge in [-0.1, -0.05) is 45.4 Å². The number of methoxy groups -OCH3 is 1. The number of nitrogens with one attached hydrogen (secondary N) is 1. The number of nitrogens with zero attached hydrogens (tertiary/aromatic N) is 3. The highest BCUT2D eigenvalue weighted by atomic mass is 32.2. The van der Waals surface area contributed by atoms with Crippen LogP contribution in [-0.2, 0) is 43.2 Å². The van der Waals surface area contributed by atoms with Crippen LogP contribution in [0.25, 0.3) is 0 Å². The number of hydrogen-bond donors (Lipinski definition) is 5. The largest absolute Gasteiger partial charge is 0.483 e. The number of benzene rings is 1. The number of halogens is 1. The maximum Gasteiger partial charge on any atom is 0.311 e. The van der Waals surface area contributed by atoms with Crippen LogP contribution in [0.5, 0.6) is 5.75 Å². The Balaban J connectivity index is 1.46. The maximum absolute atomic E-state index is 14.8. The van der Waals surface area contributed by atoms with Gasteiger partial charge in [-0.25, -0.2) is 13.4 Å². The zero-order valence-corrected chi connectivity index (χ0v) is 45.8. The molecule has 4 saturated heterocycles. The molecule has 0 radical (unpaired) electrons. The molecule has 6 rings (SSSR count). The van der Waals surface area contributed by atoms with Crippen LogP contribution in [-0.4, -0.2) is 179 Å². The molecular formula is C53H85FN4O14S. The predicted octanol–water partition coefficient (Wildman–Crippen LogP) is 4.79. The minimum atomic E-state index is -4.18. The molecule has 1 aromatic carbocycles. The third-order valence-corrected chi connectivity index (χ3v) is 18.2. The Morgan fingerprint density at radius 3 is 2.25 bits per heavy atom. The zero-order chi connectivity index (χ0) is 53.8. The van der Waals surface area contributed by atoms with Gasteiger partial charge in [0.1, 0.15) is 34.8 Å². The van der Waals surface area contributed by atoms with Crippen molar-refractivity contribution in [2.75, 3.05) is 40.3 Å². The van der Waals surface area contributed by atoms with Crippen molar-refractivity contribution in [1.82, 2.24) is 19.5 Å². The summed E-state index contributed by atoms with van der Waals surface area (Å²) in [6, 6.07) is 8.75. The van der Waals surface area contributed by atoms with Crippen molar-refractivity contribution in [1.29, 1.82) is 0 Å². The number of piperidine rings is 1. The van der Waals surface area contributed by atoms with Gasteiger partial charge in [0, 0.05) is 51.3 Å². The lowest BCUT2D eigenvalue weighted by Crippen LogP contribution is -2.70. The van der Waals surface area contributed by atoms with Crippen molar-refractivity contribution >= 4 is 16.0 Å². The highest BCUT2D eigenvalue weighted by molar-refractivity contribution is 7.89. The molecule has 414 valence electrons. The number of rotatable bonds is 13. The smallest absolute Gasteiger partial charge is 0.311 e. The van der Waals surface area contributed by atoms with E-state index in [1.54, 1.807) is 66.7 Å². The van der Waals surface area contributed by atoms with E-state index in [1.165, 1.54) is 49.8 Å². The van der Waals surface area contributed by atoms with Crippen molar-refractivity contribution in [3.05, 3.63) is 54.6 Å². The normalized spacial score (nSPS) is 41.1. The number of carbonyl (C=O) groups is 1. The van der Waals surface area contributed by atoms with E-state index in [4.69, 9.17) is 33.2 Å². The van der Waals surface area contributed by atoms with E-state index in [0.29, 0.717) is 6.54 Å². The minimum absolute atomic E-state index is 0.0154. The van der Waals surface area contributed by atoms with Crippen molar-refractivity contribution < 1.29 is 71.2 Å². The van der Waals surface area contributed by atoms with E-state index in [0.717, 1.165) is 38.4 Å². The number of sulfonamides is 1. The van der Waals surface area contributed by atoms with Gasteiger partial charge in [0.25, 0.3) is 0 Å². The Bertz CT molecular complexity index is 2210. The fourth-order valence-electron chi connectivity index (χ4n) is 11.7. The molecule has 20 heteroatoms. The summed E-state index contributed by atoms with van der Waals surface area (Å²) in [6.45, 7) is 19.3. The summed E-state index contributed by atoms with van der Waals surface area (Å²) >= 11 is 0. The SMILES string of the molecule is CC[C@H]1OC(=O)[C@H](C)[C@@H](OC2CC(C)(OC)C(O)(CN3CCCCC3)[C@@H](C)O2)[C@H](C)[C@@H](O[C@@H]2O[C@H](C)C[C@H](N(C)S(=O)(=O)c3ccccc3)[C@H]2Oc2ccnc(F)c2)[C@](C)(O)C[C@@H](C)CN[C@H](C)[C@@H](O)[C@]1(C)O. The zero-order valence-electron chi connectivity index (χ0n) is 45.0. The van der Waals surface area contributed by atoms with Gasteiger partial charge in [-0.05, 0) is 124 Å². The second kappa shape index (κ2) is 24.2. The van der Waals surface area contributed by atoms with E-state index in [9.17, 15) is 38.0 Å². The third kappa shape index (κ3) is 13.2. The van der Waals surface area contributed by atoms with Gasteiger partial charge < -0.3 is 63.8 Å². The molecule has 4 fully saturated rings. The lowest BCUT2D eigenvalue weighted by Gasteiger charge is -2.55. The van der Waals surface area contributed by atoms with Gasteiger partial charge >= 0.3 is 5.97 Å². The average molecular weight is 1050 g/mol. The lowest BCUT2D eigenvalue weighted by atomic mass is 9.74. The van der Waals surface area contributed by atoms with Gasteiger partial charge in [0.2, 0.25) is 16.0 Å². The maximum atomic E-state index is 14.8. The molecule has 73 heavy (non-hydrogen) atoms. The Hall–Kier alpha value is -2.96. The topological polar surface area (TPSA) is 228 Å². The fourth-order valence-corrected chi connectivity index (χ4v) is 13.1. The van der Waals surface area contributed by atoms with Gasteiger partial charge in [0.05, 0.1) is 46.9 Å². The van der Waals surface area contributed by atoms with Crippen LogP contribution in [0.4, 0.5) is 4.39 Å². The number of ether oxygens (including phenoxy) is 7. The Kier molecular flexibility index (Phi) is 19.6. The molecule has 0 aliphatic carbocycles. The molecule has 0 bridgehead atoms. The minimum Gasteiger partial charge on any atom is -0.483 e. The molecule has 0 amide bonds. The first-order valence-corrected chi connectivity index (χ1v) is 27.6. The predicted molar refractivity (Wildman–Crippen MR) is 269 cm³/mol. The number of aromatic nitrogens is 1. The molecule has 0 saturated carbocycles. The highest BCUT2D eigenvalue weighted by Gasteiger charge is 2.59. The summed E-state index contributed by atoms with van der Waals surface area (Å²) in [6.07, 6.45) is -5.70. The van der Waals surface area contributed by atoms with Crippen molar-refractivity contribution in [3.8, 4) is 5.75 Å². The number of aliphatic hydroxyl groups excluding tert-OH is 1. The number of carbonyl (C=O) groups excluding carboxylic acids is 1. The number of hydrogen-bond acceptors (Lipinski definition) is 17. The van der Waals surface area contributed by atoms with Crippen LogP contribution in [0.1, 0.15) is 114 Å². The van der Waals surface area contributed by atoms with Crippen LogP contribution >= 0.6 is 0 Å². The fraction of sp³-hybridized carbons (Fsp3) is 0.774. The van der Waals surface area contributed by atoms with E-state index in [-0.39, 0.29) is 48.8 Å². The first-order chi connectivity index (χ1) is 34.2. The molecule has 18 atom stereocenters.